The second kappa shape index (κ2) is 3.25. The lowest BCUT2D eigenvalue weighted by Crippen LogP contribution is -2.24. The highest BCUT2D eigenvalue weighted by atomic mass is 16.5. The first kappa shape index (κ1) is 8.75. The van der Waals surface area contributed by atoms with Gasteiger partial charge in [0.1, 0.15) is 5.75 Å². The van der Waals surface area contributed by atoms with Gasteiger partial charge in [-0.1, -0.05) is 0 Å². The maximum Gasteiger partial charge on any atom is 0.122 e. The van der Waals surface area contributed by atoms with Gasteiger partial charge in [-0.25, -0.2) is 0 Å². The number of fused-ring (bicyclic) bond motifs is 3. The molecule has 0 spiro atoms. The normalized spacial score (nSPS) is 27.4. The van der Waals surface area contributed by atoms with Gasteiger partial charge in [-0.2, -0.15) is 5.26 Å². The van der Waals surface area contributed by atoms with Crippen LogP contribution in [0, 0.1) is 17.2 Å². The monoisotopic (exact) mass is 200 g/mol. The largest absolute Gasteiger partial charge is 0.493 e. The summed E-state index contributed by atoms with van der Waals surface area (Å²) in [4.78, 5) is 0. The summed E-state index contributed by atoms with van der Waals surface area (Å²) in [5.41, 5.74) is 1.93. The van der Waals surface area contributed by atoms with Crippen molar-refractivity contribution in [1.29, 1.82) is 5.26 Å². The molecule has 3 nitrogen and oxygen atoms in total. The van der Waals surface area contributed by atoms with Gasteiger partial charge < -0.3 is 10.1 Å². The number of nitrogens with one attached hydrogen (secondary N) is 1. The number of rotatable bonds is 0. The summed E-state index contributed by atoms with van der Waals surface area (Å²) in [5, 5.41) is 12.3. The van der Waals surface area contributed by atoms with Gasteiger partial charge in [0.25, 0.3) is 0 Å². The van der Waals surface area contributed by atoms with Crippen LogP contribution in [0.5, 0.6) is 5.75 Å². The summed E-state index contributed by atoms with van der Waals surface area (Å²) in [6.45, 7) is 2.84. The third kappa shape index (κ3) is 1.30. The minimum atomic E-state index is 0.530. The molecule has 0 amide bonds. The van der Waals surface area contributed by atoms with Gasteiger partial charge in [0.15, 0.2) is 0 Å². The number of nitriles is 1. The Kier molecular flexibility index (Phi) is 1.90. The smallest absolute Gasteiger partial charge is 0.122 e. The zero-order chi connectivity index (χ0) is 10.3. The lowest BCUT2D eigenvalue weighted by Gasteiger charge is -2.27. The molecule has 1 aromatic carbocycles. The van der Waals surface area contributed by atoms with Crippen LogP contribution in [-0.2, 0) is 0 Å². The van der Waals surface area contributed by atoms with Crippen molar-refractivity contribution in [2.75, 3.05) is 19.7 Å². The van der Waals surface area contributed by atoms with Crippen LogP contribution in [0.1, 0.15) is 17.0 Å². The molecule has 2 aliphatic rings. The van der Waals surface area contributed by atoms with Crippen molar-refractivity contribution in [1.82, 2.24) is 5.32 Å². The molecule has 2 heterocycles. The molecule has 15 heavy (non-hydrogen) atoms. The number of nitrogens with zero attached hydrogens (tertiary/aromatic N) is 1. The minimum Gasteiger partial charge on any atom is -0.493 e. The van der Waals surface area contributed by atoms with E-state index in [1.165, 1.54) is 5.56 Å². The van der Waals surface area contributed by atoms with E-state index >= 15 is 0 Å². The molecule has 2 atom stereocenters. The Bertz CT molecular complexity index is 436. The molecule has 2 aliphatic heterocycles. The molecular formula is C12H12N2O. The van der Waals surface area contributed by atoms with Crippen LogP contribution >= 0.6 is 0 Å². The molecule has 1 saturated heterocycles. The molecule has 0 aliphatic carbocycles. The van der Waals surface area contributed by atoms with Crippen molar-refractivity contribution in [2.45, 2.75) is 5.92 Å². The second-order valence-corrected chi connectivity index (χ2v) is 4.20. The van der Waals surface area contributed by atoms with Crippen molar-refractivity contribution in [2.24, 2.45) is 5.92 Å². The molecular weight excluding hydrogens is 188 g/mol. The van der Waals surface area contributed by atoms with Gasteiger partial charge >= 0.3 is 0 Å². The summed E-state index contributed by atoms with van der Waals surface area (Å²) in [6.07, 6.45) is 0. The van der Waals surface area contributed by atoms with Crippen molar-refractivity contribution >= 4 is 0 Å². The molecule has 3 rings (SSSR count). The molecule has 0 radical (unpaired) electrons. The fourth-order valence-electron chi connectivity index (χ4n) is 2.51. The molecule has 0 bridgehead atoms. The zero-order valence-corrected chi connectivity index (χ0v) is 8.36. The topological polar surface area (TPSA) is 45.0 Å². The van der Waals surface area contributed by atoms with Crippen LogP contribution in [0.2, 0.25) is 0 Å². The van der Waals surface area contributed by atoms with Crippen molar-refractivity contribution in [3.05, 3.63) is 29.3 Å². The van der Waals surface area contributed by atoms with E-state index in [0.29, 0.717) is 11.8 Å². The summed E-state index contributed by atoms with van der Waals surface area (Å²) in [6, 6.07) is 7.89. The van der Waals surface area contributed by atoms with Crippen LogP contribution in [-0.4, -0.2) is 19.7 Å². The molecule has 0 unspecified atom stereocenters. The summed E-state index contributed by atoms with van der Waals surface area (Å²) >= 11 is 0. The molecule has 0 saturated carbocycles. The quantitative estimate of drug-likeness (QED) is 0.685. The van der Waals surface area contributed by atoms with E-state index in [1.54, 1.807) is 0 Å². The number of hydrogen-bond acceptors (Lipinski definition) is 3. The van der Waals surface area contributed by atoms with Crippen LogP contribution < -0.4 is 10.1 Å². The van der Waals surface area contributed by atoms with E-state index in [1.807, 2.05) is 18.2 Å². The third-order valence-electron chi connectivity index (χ3n) is 3.33. The van der Waals surface area contributed by atoms with Crippen molar-refractivity contribution < 1.29 is 4.74 Å². The second-order valence-electron chi connectivity index (χ2n) is 4.20. The van der Waals surface area contributed by atoms with E-state index in [4.69, 9.17) is 10.00 Å². The lowest BCUT2D eigenvalue weighted by atomic mass is 9.86. The summed E-state index contributed by atoms with van der Waals surface area (Å²) in [5.74, 6) is 2.06. The van der Waals surface area contributed by atoms with Crippen LogP contribution in [0.3, 0.4) is 0 Å². The first-order chi connectivity index (χ1) is 7.38. The zero-order valence-electron chi connectivity index (χ0n) is 8.36. The maximum atomic E-state index is 8.87. The van der Waals surface area contributed by atoms with Crippen LogP contribution in [0.15, 0.2) is 18.2 Å². The Morgan fingerprint density at radius 3 is 3.20 bits per heavy atom. The minimum absolute atomic E-state index is 0.530. The molecule has 0 aromatic heterocycles. The highest BCUT2D eigenvalue weighted by molar-refractivity contribution is 5.46. The van der Waals surface area contributed by atoms with Gasteiger partial charge in [0.05, 0.1) is 18.2 Å². The molecule has 1 aromatic rings. The Hall–Kier alpha value is -1.53. The first-order valence-corrected chi connectivity index (χ1v) is 5.26. The maximum absolute atomic E-state index is 8.87. The van der Waals surface area contributed by atoms with E-state index < -0.39 is 0 Å². The predicted molar refractivity (Wildman–Crippen MR) is 55.8 cm³/mol. The number of benzene rings is 1. The Labute approximate surface area is 88.7 Å². The van der Waals surface area contributed by atoms with E-state index in [9.17, 15) is 0 Å². The van der Waals surface area contributed by atoms with Gasteiger partial charge in [0, 0.05) is 30.5 Å². The van der Waals surface area contributed by atoms with E-state index in [2.05, 4.69) is 11.4 Å². The average molecular weight is 200 g/mol. The standard InChI is InChI=1S/C12H12N2O/c13-4-8-1-2-12-10(3-8)11-6-14-5-9(11)7-15-12/h1-3,9,11,14H,5-7H2/t9-,11+/m1/s1. The van der Waals surface area contributed by atoms with E-state index in [-0.39, 0.29) is 0 Å². The Balaban J connectivity index is 2.07. The van der Waals surface area contributed by atoms with Gasteiger partial charge in [-0.3, -0.25) is 0 Å². The average Bonchev–Trinajstić information content (AvgIpc) is 2.76. The fourth-order valence-corrected chi connectivity index (χ4v) is 2.51. The fraction of sp³-hybridized carbons (Fsp3) is 0.417. The predicted octanol–water partition coefficient (Wildman–Crippen LogP) is 1.25. The molecule has 76 valence electrons. The van der Waals surface area contributed by atoms with Crippen LogP contribution in [0.25, 0.3) is 0 Å². The van der Waals surface area contributed by atoms with Gasteiger partial charge in [-0.15, -0.1) is 0 Å². The van der Waals surface area contributed by atoms with Crippen LogP contribution in [0.4, 0.5) is 0 Å². The number of hydrogen-bond donors (Lipinski definition) is 1. The Morgan fingerprint density at radius 1 is 1.40 bits per heavy atom. The molecule has 1 fully saturated rings. The molecule has 3 heteroatoms. The van der Waals surface area contributed by atoms with E-state index in [0.717, 1.165) is 31.0 Å². The highest BCUT2D eigenvalue weighted by Crippen LogP contribution is 2.39. The van der Waals surface area contributed by atoms with Crippen molar-refractivity contribution in [3.8, 4) is 11.8 Å². The number of ether oxygens (including phenoxy) is 1. The third-order valence-corrected chi connectivity index (χ3v) is 3.33. The van der Waals surface area contributed by atoms with Gasteiger partial charge in [0.2, 0.25) is 0 Å². The summed E-state index contributed by atoms with van der Waals surface area (Å²) in [7, 11) is 0. The van der Waals surface area contributed by atoms with Gasteiger partial charge in [-0.05, 0) is 18.2 Å². The first-order valence-electron chi connectivity index (χ1n) is 5.26. The molecule has 1 N–H and O–H groups in total. The highest BCUT2D eigenvalue weighted by Gasteiger charge is 2.34. The summed E-state index contributed by atoms with van der Waals surface area (Å²) < 4.78 is 5.69. The Morgan fingerprint density at radius 2 is 2.33 bits per heavy atom. The lowest BCUT2D eigenvalue weighted by molar-refractivity contribution is 0.219. The van der Waals surface area contributed by atoms with Crippen molar-refractivity contribution in [3.63, 3.8) is 0 Å². The SMILES string of the molecule is N#Cc1ccc2c(c1)[C@H]1CNC[C@@H]1CO2.